The van der Waals surface area contributed by atoms with E-state index in [4.69, 9.17) is 10.5 Å². The molecule has 0 unspecified atom stereocenters. The van der Waals surface area contributed by atoms with Gasteiger partial charge in [0.2, 0.25) is 5.88 Å². The highest BCUT2D eigenvalue weighted by atomic mass is 16.5. The molecular formula is C21H19N5O3. The minimum atomic E-state index is -1.15. The SMILES string of the molecule is Cn1nc(C2CC2)cc1Oc1cc(C#N)ccc1-c1ccc(CN)c(C(=O)O)n1. The van der Waals surface area contributed by atoms with Crippen molar-refractivity contribution in [2.75, 3.05) is 0 Å². The summed E-state index contributed by atoms with van der Waals surface area (Å²) in [6, 6.07) is 12.3. The maximum absolute atomic E-state index is 11.6. The smallest absolute Gasteiger partial charge is 0.354 e. The fourth-order valence-electron chi connectivity index (χ4n) is 3.13. The standard InChI is InChI=1S/C21H19N5O3/c1-26-19(9-17(25-26)13-3-4-13)29-18-8-12(10-22)2-6-15(18)16-7-5-14(11-23)20(24-16)21(27)28/h2,5-9,13H,3-4,11,23H2,1H3,(H,27,28). The van der Waals surface area contributed by atoms with Gasteiger partial charge in [-0.25, -0.2) is 14.5 Å². The van der Waals surface area contributed by atoms with Crippen molar-refractivity contribution in [2.45, 2.75) is 25.3 Å². The second-order valence-electron chi connectivity index (χ2n) is 6.94. The molecule has 29 heavy (non-hydrogen) atoms. The van der Waals surface area contributed by atoms with Gasteiger partial charge in [-0.3, -0.25) is 0 Å². The van der Waals surface area contributed by atoms with Crippen molar-refractivity contribution in [3.05, 3.63) is 58.9 Å². The second-order valence-corrected chi connectivity index (χ2v) is 6.94. The summed E-state index contributed by atoms with van der Waals surface area (Å²) < 4.78 is 7.75. The van der Waals surface area contributed by atoms with Crippen LogP contribution in [0.5, 0.6) is 11.6 Å². The van der Waals surface area contributed by atoms with Gasteiger partial charge in [0.1, 0.15) is 5.75 Å². The predicted octanol–water partition coefficient (Wildman–Crippen LogP) is 3.18. The van der Waals surface area contributed by atoms with E-state index in [1.165, 1.54) is 0 Å². The van der Waals surface area contributed by atoms with E-state index in [1.54, 1.807) is 42.1 Å². The molecule has 146 valence electrons. The Hall–Kier alpha value is -3.70. The number of aromatic carboxylic acids is 1. The molecule has 1 aliphatic carbocycles. The summed E-state index contributed by atoms with van der Waals surface area (Å²) in [7, 11) is 1.80. The van der Waals surface area contributed by atoms with E-state index < -0.39 is 5.97 Å². The Bertz CT molecular complexity index is 1140. The van der Waals surface area contributed by atoms with Crippen LogP contribution in [0.1, 0.15) is 46.1 Å². The zero-order valence-corrected chi connectivity index (χ0v) is 15.8. The average molecular weight is 389 g/mol. The van der Waals surface area contributed by atoms with Gasteiger partial charge in [0, 0.05) is 31.1 Å². The van der Waals surface area contributed by atoms with E-state index in [0.717, 1.165) is 18.5 Å². The van der Waals surface area contributed by atoms with Gasteiger partial charge in [0.25, 0.3) is 0 Å². The normalized spacial score (nSPS) is 13.1. The van der Waals surface area contributed by atoms with E-state index >= 15 is 0 Å². The summed E-state index contributed by atoms with van der Waals surface area (Å²) in [6.45, 7) is 0.0740. The molecule has 0 radical (unpaired) electrons. The third-order valence-corrected chi connectivity index (χ3v) is 4.85. The molecule has 8 nitrogen and oxygen atoms in total. The molecule has 8 heteroatoms. The Morgan fingerprint density at radius 3 is 2.79 bits per heavy atom. The van der Waals surface area contributed by atoms with Gasteiger partial charge in [-0.1, -0.05) is 6.07 Å². The van der Waals surface area contributed by atoms with E-state index in [-0.39, 0.29) is 12.2 Å². The molecule has 0 aliphatic heterocycles. The van der Waals surface area contributed by atoms with Crippen LogP contribution in [0.4, 0.5) is 0 Å². The van der Waals surface area contributed by atoms with Crippen molar-refractivity contribution < 1.29 is 14.6 Å². The fourth-order valence-corrected chi connectivity index (χ4v) is 3.13. The molecule has 0 atom stereocenters. The Labute approximate surface area is 167 Å². The molecular weight excluding hydrogens is 370 g/mol. The van der Waals surface area contributed by atoms with Gasteiger partial charge < -0.3 is 15.6 Å². The minimum Gasteiger partial charge on any atom is -0.477 e. The quantitative estimate of drug-likeness (QED) is 0.663. The van der Waals surface area contributed by atoms with Crippen LogP contribution in [0.2, 0.25) is 0 Å². The van der Waals surface area contributed by atoms with Crippen LogP contribution in [-0.2, 0) is 13.6 Å². The fraction of sp³-hybridized carbons (Fsp3) is 0.238. The highest BCUT2D eigenvalue weighted by molar-refractivity contribution is 5.88. The first kappa shape index (κ1) is 18.7. The van der Waals surface area contributed by atoms with Crippen LogP contribution in [0.25, 0.3) is 11.3 Å². The number of nitriles is 1. The first-order valence-corrected chi connectivity index (χ1v) is 9.19. The molecule has 0 bridgehead atoms. The third-order valence-electron chi connectivity index (χ3n) is 4.85. The topological polar surface area (TPSA) is 127 Å². The average Bonchev–Trinajstić information content (AvgIpc) is 3.51. The number of nitrogens with two attached hydrogens (primary N) is 1. The van der Waals surface area contributed by atoms with Crippen LogP contribution < -0.4 is 10.5 Å². The molecule has 1 saturated carbocycles. The molecule has 4 rings (SSSR count). The summed E-state index contributed by atoms with van der Waals surface area (Å²) in [5, 5.41) is 23.2. The number of benzene rings is 1. The van der Waals surface area contributed by atoms with Gasteiger partial charge in [-0.2, -0.15) is 10.4 Å². The lowest BCUT2D eigenvalue weighted by Gasteiger charge is -2.12. The highest BCUT2D eigenvalue weighted by Gasteiger charge is 2.27. The number of pyridine rings is 1. The van der Waals surface area contributed by atoms with Crippen molar-refractivity contribution >= 4 is 5.97 Å². The van der Waals surface area contributed by atoms with Gasteiger partial charge in [0.15, 0.2) is 5.69 Å². The number of aryl methyl sites for hydroxylation is 1. The predicted molar refractivity (Wildman–Crippen MR) is 104 cm³/mol. The number of rotatable bonds is 6. The molecule has 0 amide bonds. The number of ether oxygens (including phenoxy) is 1. The number of carboxylic acids is 1. The number of aromatic nitrogens is 3. The van der Waals surface area contributed by atoms with E-state index in [9.17, 15) is 15.2 Å². The number of carbonyl (C=O) groups is 1. The lowest BCUT2D eigenvalue weighted by atomic mass is 10.1. The van der Waals surface area contributed by atoms with E-state index in [2.05, 4.69) is 16.2 Å². The summed E-state index contributed by atoms with van der Waals surface area (Å²) >= 11 is 0. The molecule has 1 aromatic carbocycles. The van der Waals surface area contributed by atoms with E-state index in [1.807, 2.05) is 6.07 Å². The second kappa shape index (κ2) is 7.37. The summed E-state index contributed by atoms with van der Waals surface area (Å²) in [5.41, 5.74) is 8.36. The van der Waals surface area contributed by atoms with Crippen LogP contribution >= 0.6 is 0 Å². The lowest BCUT2D eigenvalue weighted by molar-refractivity contribution is 0.0689. The largest absolute Gasteiger partial charge is 0.477 e. The Kier molecular flexibility index (Phi) is 4.74. The highest BCUT2D eigenvalue weighted by Crippen LogP contribution is 2.41. The first-order chi connectivity index (χ1) is 14.0. The Morgan fingerprint density at radius 1 is 1.34 bits per heavy atom. The van der Waals surface area contributed by atoms with Crippen LogP contribution in [0.3, 0.4) is 0 Å². The van der Waals surface area contributed by atoms with Gasteiger partial charge in [-0.15, -0.1) is 0 Å². The molecule has 2 heterocycles. The zero-order valence-electron chi connectivity index (χ0n) is 15.8. The maximum atomic E-state index is 11.6. The van der Waals surface area contributed by atoms with Gasteiger partial charge >= 0.3 is 5.97 Å². The maximum Gasteiger partial charge on any atom is 0.354 e. The minimum absolute atomic E-state index is 0.0740. The summed E-state index contributed by atoms with van der Waals surface area (Å²) in [4.78, 5) is 15.8. The summed E-state index contributed by atoms with van der Waals surface area (Å²) in [5.74, 6) is 0.273. The van der Waals surface area contributed by atoms with Crippen molar-refractivity contribution in [1.82, 2.24) is 14.8 Å². The number of hydrogen-bond acceptors (Lipinski definition) is 6. The van der Waals surface area contributed by atoms with Crippen LogP contribution in [0.15, 0.2) is 36.4 Å². The van der Waals surface area contributed by atoms with Crippen LogP contribution in [-0.4, -0.2) is 25.8 Å². The van der Waals surface area contributed by atoms with Crippen molar-refractivity contribution in [3.8, 4) is 29.0 Å². The van der Waals surface area contributed by atoms with Gasteiger partial charge in [0.05, 0.1) is 23.0 Å². The first-order valence-electron chi connectivity index (χ1n) is 9.19. The van der Waals surface area contributed by atoms with Gasteiger partial charge in [-0.05, 0) is 42.7 Å². The molecule has 0 saturated heterocycles. The number of hydrogen-bond donors (Lipinski definition) is 2. The molecule has 0 spiro atoms. The monoisotopic (exact) mass is 389 g/mol. The Morgan fingerprint density at radius 2 is 2.14 bits per heavy atom. The van der Waals surface area contributed by atoms with Crippen molar-refractivity contribution in [1.29, 1.82) is 5.26 Å². The molecule has 1 fully saturated rings. The molecule has 2 aromatic heterocycles. The lowest BCUT2D eigenvalue weighted by Crippen LogP contribution is -2.10. The summed E-state index contributed by atoms with van der Waals surface area (Å²) in [6.07, 6.45) is 2.25. The molecule has 3 N–H and O–H groups in total. The third kappa shape index (κ3) is 3.68. The van der Waals surface area contributed by atoms with Crippen LogP contribution in [0, 0.1) is 11.3 Å². The van der Waals surface area contributed by atoms with E-state index in [0.29, 0.717) is 39.9 Å². The number of nitrogens with zero attached hydrogens (tertiary/aromatic N) is 4. The van der Waals surface area contributed by atoms with Crippen molar-refractivity contribution in [3.63, 3.8) is 0 Å². The zero-order chi connectivity index (χ0) is 20.5. The number of carboxylic acid groups (broad SMARTS) is 1. The van der Waals surface area contributed by atoms with Crippen molar-refractivity contribution in [2.24, 2.45) is 12.8 Å². The Balaban J connectivity index is 1.78. The molecule has 1 aliphatic rings. The molecule has 3 aromatic rings.